The van der Waals surface area contributed by atoms with Gasteiger partial charge >= 0.3 is 6.03 Å². The molecule has 2 amide bonds. The number of allylic oxidation sites excluding steroid dienone is 1. The van der Waals surface area contributed by atoms with E-state index in [4.69, 9.17) is 9.51 Å². The molecule has 1 N–H and O–H groups in total. The molecule has 0 spiro atoms. The molecule has 2 aromatic heterocycles. The molecule has 0 fully saturated rings. The van der Waals surface area contributed by atoms with E-state index in [1.54, 1.807) is 16.2 Å². The minimum Gasteiger partial charge on any atom is -0.334 e. The summed E-state index contributed by atoms with van der Waals surface area (Å²) in [6, 6.07) is 18.1. The van der Waals surface area contributed by atoms with E-state index in [0.29, 0.717) is 18.3 Å². The third-order valence-electron chi connectivity index (χ3n) is 6.90. The number of nitrogens with zero attached hydrogens (tertiary/aromatic N) is 3. The van der Waals surface area contributed by atoms with E-state index in [2.05, 4.69) is 73.0 Å². The Morgan fingerprint density at radius 2 is 1.86 bits per heavy atom. The van der Waals surface area contributed by atoms with Crippen LogP contribution in [-0.4, -0.2) is 27.6 Å². The fourth-order valence-electron chi connectivity index (χ4n) is 4.54. The number of urea groups is 1. The molecule has 1 aliphatic heterocycles. The van der Waals surface area contributed by atoms with E-state index in [1.807, 2.05) is 25.1 Å². The first-order valence-corrected chi connectivity index (χ1v) is 13.1. The van der Waals surface area contributed by atoms with Crippen molar-refractivity contribution in [2.75, 3.05) is 6.54 Å². The van der Waals surface area contributed by atoms with Gasteiger partial charge in [-0.2, -0.15) is 4.98 Å². The number of nitrogens with one attached hydrogen (secondary N) is 1. The number of aromatic nitrogens is 2. The van der Waals surface area contributed by atoms with Gasteiger partial charge in [-0.15, -0.1) is 11.3 Å². The minimum atomic E-state index is -0.384. The van der Waals surface area contributed by atoms with Crippen LogP contribution in [0.4, 0.5) is 4.79 Å². The summed E-state index contributed by atoms with van der Waals surface area (Å²) < 4.78 is 5.83. The highest BCUT2D eigenvalue weighted by atomic mass is 32.1. The van der Waals surface area contributed by atoms with Gasteiger partial charge in [-0.3, -0.25) is 4.90 Å². The van der Waals surface area contributed by atoms with Gasteiger partial charge in [0.05, 0.1) is 11.6 Å². The van der Waals surface area contributed by atoms with Crippen molar-refractivity contribution in [2.24, 2.45) is 0 Å². The molecule has 184 valence electrons. The van der Waals surface area contributed by atoms with Crippen LogP contribution < -0.4 is 5.32 Å². The Morgan fingerprint density at radius 1 is 1.06 bits per heavy atom. The fourth-order valence-corrected chi connectivity index (χ4v) is 5.24. The highest BCUT2D eigenvalue weighted by Gasteiger charge is 2.35. The Labute approximate surface area is 215 Å². The van der Waals surface area contributed by atoms with Gasteiger partial charge in [0.2, 0.25) is 5.82 Å². The number of amides is 2. The minimum absolute atomic E-state index is 0.120. The summed E-state index contributed by atoms with van der Waals surface area (Å²) in [7, 11) is 0. The van der Waals surface area contributed by atoms with Crippen LogP contribution >= 0.6 is 11.3 Å². The topological polar surface area (TPSA) is 71.3 Å². The number of carbonyl (C=O) groups is 1. The smallest absolute Gasteiger partial charge is 0.322 e. The second kappa shape index (κ2) is 10.1. The zero-order chi connectivity index (χ0) is 25.2. The molecule has 6 nitrogen and oxygen atoms in total. The predicted octanol–water partition coefficient (Wildman–Crippen LogP) is 6.72. The summed E-state index contributed by atoms with van der Waals surface area (Å²) in [5.41, 5.74) is 7.18. The quantitative estimate of drug-likeness (QED) is 0.307. The first-order valence-electron chi connectivity index (χ1n) is 12.3. The van der Waals surface area contributed by atoms with Crippen molar-refractivity contribution in [2.45, 2.75) is 46.6 Å². The molecule has 0 saturated heterocycles. The van der Waals surface area contributed by atoms with Crippen LogP contribution in [0.15, 0.2) is 70.2 Å². The van der Waals surface area contributed by atoms with E-state index in [1.165, 1.54) is 21.6 Å². The molecule has 7 heteroatoms. The fraction of sp³-hybridized carbons (Fsp3) is 0.276. The van der Waals surface area contributed by atoms with E-state index < -0.39 is 0 Å². The number of carbonyl (C=O) groups excluding carboxylic acids is 1. The third kappa shape index (κ3) is 4.71. The lowest BCUT2D eigenvalue weighted by Gasteiger charge is -2.35. The molecule has 1 aliphatic rings. The molecular weight excluding hydrogens is 468 g/mol. The van der Waals surface area contributed by atoms with Gasteiger partial charge in [-0.1, -0.05) is 60.6 Å². The van der Waals surface area contributed by atoms with Crippen LogP contribution in [0.1, 0.15) is 52.9 Å². The lowest BCUT2D eigenvalue weighted by atomic mass is 9.92. The number of aryl methyl sites for hydroxylation is 3. The van der Waals surface area contributed by atoms with Crippen molar-refractivity contribution in [3.05, 3.63) is 98.7 Å². The van der Waals surface area contributed by atoms with E-state index in [0.717, 1.165) is 35.2 Å². The third-order valence-corrected chi connectivity index (χ3v) is 7.84. The lowest BCUT2D eigenvalue weighted by Crippen LogP contribution is -2.46. The summed E-state index contributed by atoms with van der Waals surface area (Å²) in [5.74, 6) is 0.959. The summed E-state index contributed by atoms with van der Waals surface area (Å²) in [5, 5.41) is 9.56. The summed E-state index contributed by atoms with van der Waals surface area (Å²) in [4.78, 5) is 21.1. The zero-order valence-electron chi connectivity index (χ0n) is 21.0. The second-order valence-electron chi connectivity index (χ2n) is 9.18. The number of thiophene rings is 1. The van der Waals surface area contributed by atoms with Gasteiger partial charge in [-0.25, -0.2) is 4.79 Å². The van der Waals surface area contributed by atoms with Crippen LogP contribution in [0.3, 0.4) is 0 Å². The average Bonchev–Trinajstić information content (AvgIpc) is 3.58. The Balaban J connectivity index is 1.55. The largest absolute Gasteiger partial charge is 0.334 e. The number of hydrogen-bond acceptors (Lipinski definition) is 5. The molecule has 3 heterocycles. The van der Waals surface area contributed by atoms with E-state index >= 15 is 0 Å². The summed E-state index contributed by atoms with van der Waals surface area (Å²) in [6.45, 7) is 8.83. The number of hydrogen-bond donors (Lipinski definition) is 1. The van der Waals surface area contributed by atoms with Crippen LogP contribution in [0.25, 0.3) is 17.0 Å². The Morgan fingerprint density at radius 3 is 2.56 bits per heavy atom. The lowest BCUT2D eigenvalue weighted by molar-refractivity contribution is 0.205. The van der Waals surface area contributed by atoms with E-state index in [9.17, 15) is 4.79 Å². The standard InChI is InChI=1S/C29H30N4O2S/c1-5-21-9-12-22(13-10-21)27-31-28(35-32-27)25-20(4)33(15-14-24-7-6-16-36-24)29(34)30-26(25)23-11-8-18(2)19(3)17-23/h6-13,16-17,26H,5,14-15H2,1-4H3,(H,30,34). The van der Waals surface area contributed by atoms with Crippen molar-refractivity contribution >= 4 is 22.9 Å². The Kier molecular flexibility index (Phi) is 6.74. The molecule has 36 heavy (non-hydrogen) atoms. The van der Waals surface area contributed by atoms with Crippen LogP contribution in [-0.2, 0) is 12.8 Å². The van der Waals surface area contributed by atoms with Crippen LogP contribution in [0.5, 0.6) is 0 Å². The van der Waals surface area contributed by atoms with Gasteiger partial charge in [0.25, 0.3) is 5.89 Å². The molecule has 0 saturated carbocycles. The monoisotopic (exact) mass is 498 g/mol. The van der Waals surface area contributed by atoms with Gasteiger partial charge < -0.3 is 9.84 Å². The normalized spacial score (nSPS) is 15.9. The molecule has 5 rings (SSSR count). The van der Waals surface area contributed by atoms with Gasteiger partial charge in [0.1, 0.15) is 0 Å². The maximum Gasteiger partial charge on any atom is 0.322 e. The molecule has 4 aromatic rings. The van der Waals surface area contributed by atoms with Gasteiger partial charge in [0, 0.05) is 22.7 Å². The predicted molar refractivity (Wildman–Crippen MR) is 144 cm³/mol. The van der Waals surface area contributed by atoms with Crippen molar-refractivity contribution in [1.29, 1.82) is 0 Å². The number of benzene rings is 2. The Bertz CT molecular complexity index is 1400. The summed E-state index contributed by atoms with van der Waals surface area (Å²) in [6.07, 6.45) is 1.76. The second-order valence-corrected chi connectivity index (χ2v) is 10.2. The average molecular weight is 499 g/mol. The highest BCUT2D eigenvalue weighted by Crippen LogP contribution is 2.38. The first-order chi connectivity index (χ1) is 17.4. The maximum atomic E-state index is 13.3. The molecule has 0 aliphatic carbocycles. The van der Waals surface area contributed by atoms with Crippen molar-refractivity contribution in [3.8, 4) is 11.4 Å². The first kappa shape index (κ1) is 24.0. The molecule has 0 radical (unpaired) electrons. The van der Waals surface area contributed by atoms with Gasteiger partial charge in [-0.05, 0) is 67.3 Å². The molecule has 1 unspecified atom stereocenters. The van der Waals surface area contributed by atoms with Crippen LogP contribution in [0.2, 0.25) is 0 Å². The Hall–Kier alpha value is -3.71. The maximum absolute atomic E-state index is 13.3. The molecule has 0 bridgehead atoms. The highest BCUT2D eigenvalue weighted by molar-refractivity contribution is 7.09. The van der Waals surface area contributed by atoms with Gasteiger partial charge in [0.15, 0.2) is 0 Å². The van der Waals surface area contributed by atoms with Crippen molar-refractivity contribution < 1.29 is 9.32 Å². The van der Waals surface area contributed by atoms with Crippen molar-refractivity contribution in [1.82, 2.24) is 20.4 Å². The SMILES string of the molecule is CCc1ccc(-c2noc(C3=C(C)N(CCc4cccs4)C(=O)NC3c3ccc(C)c(C)c3)n2)cc1. The van der Waals surface area contributed by atoms with Crippen LogP contribution in [0, 0.1) is 13.8 Å². The van der Waals surface area contributed by atoms with E-state index in [-0.39, 0.29) is 12.1 Å². The molecule has 1 atom stereocenters. The molecule has 2 aromatic carbocycles. The van der Waals surface area contributed by atoms with Crippen molar-refractivity contribution in [3.63, 3.8) is 0 Å². The number of rotatable bonds is 7. The zero-order valence-corrected chi connectivity index (χ0v) is 21.9. The molecular formula is C29H30N4O2S. The summed E-state index contributed by atoms with van der Waals surface area (Å²) >= 11 is 1.70.